The quantitative estimate of drug-likeness (QED) is 0.257. The van der Waals surface area contributed by atoms with Crippen LogP contribution in [0.3, 0.4) is 0 Å². The van der Waals surface area contributed by atoms with Crippen molar-refractivity contribution in [3.05, 3.63) is 88.0 Å². The Balaban J connectivity index is 1.21. The molecule has 1 saturated carbocycles. The predicted molar refractivity (Wildman–Crippen MR) is 152 cm³/mol. The van der Waals surface area contributed by atoms with E-state index in [1.54, 1.807) is 23.5 Å². The van der Waals surface area contributed by atoms with Crippen LogP contribution in [-0.4, -0.2) is 42.5 Å². The first-order chi connectivity index (χ1) is 19.9. The fraction of sp³-hybridized carbons (Fsp3) is 0.333. The lowest BCUT2D eigenvalue weighted by molar-refractivity contribution is 0.0735. The SMILES string of the molecule is C[C@](N)(Cc1ccccc1)c1nnc(-c2cc(C(=O)N3CCC[C@@H]3c3nc(C4CC4)cs3)cc(-c3ncco3)n2)o1. The molecule has 2 N–H and O–H groups in total. The normalized spacial score (nSPS) is 18.5. The van der Waals surface area contributed by atoms with Gasteiger partial charge in [0, 0.05) is 23.4 Å². The molecular weight excluding hydrogens is 538 g/mol. The molecule has 11 heteroatoms. The summed E-state index contributed by atoms with van der Waals surface area (Å²) in [6, 6.07) is 13.2. The number of benzene rings is 1. The van der Waals surface area contributed by atoms with Crippen LogP contribution in [-0.2, 0) is 12.0 Å². The van der Waals surface area contributed by atoms with Crippen molar-refractivity contribution in [1.29, 1.82) is 0 Å². The number of likely N-dealkylation sites (tertiary alicyclic amines) is 1. The van der Waals surface area contributed by atoms with Gasteiger partial charge in [-0.25, -0.2) is 15.0 Å². The summed E-state index contributed by atoms with van der Waals surface area (Å²) in [5.41, 5.74) is 9.11. The lowest BCUT2D eigenvalue weighted by atomic mass is 9.94. The molecule has 1 aliphatic carbocycles. The predicted octanol–water partition coefficient (Wildman–Crippen LogP) is 5.51. The maximum absolute atomic E-state index is 14.0. The number of pyridine rings is 1. The molecule has 1 aromatic carbocycles. The summed E-state index contributed by atoms with van der Waals surface area (Å²) in [6.07, 6.45) is 7.73. The lowest BCUT2D eigenvalue weighted by Gasteiger charge is -2.23. The fourth-order valence-electron chi connectivity index (χ4n) is 5.33. The van der Waals surface area contributed by atoms with E-state index in [0.717, 1.165) is 29.1 Å². The van der Waals surface area contributed by atoms with Gasteiger partial charge in [0.25, 0.3) is 11.8 Å². The molecule has 0 radical (unpaired) electrons. The number of oxazole rings is 1. The van der Waals surface area contributed by atoms with Crippen LogP contribution in [0.2, 0.25) is 0 Å². The molecule has 1 amide bonds. The topological polar surface area (TPSA) is 137 Å². The number of amides is 1. The molecule has 41 heavy (non-hydrogen) atoms. The Bertz CT molecular complexity index is 1680. The standard InChI is InChI=1S/C30H29N7O3S/c1-30(31,16-18-6-3-2-4-7-18)29-36-35-26(40-29)22-15-20(14-21(33-22)25-32-11-13-39-25)28(38)37-12-5-8-24(37)27-34-23(17-41-27)19-9-10-19/h2-4,6-7,11,13-15,17,19,24H,5,8-10,12,16,31H2,1H3/t24-,30+/m1/s1. The first kappa shape index (κ1) is 25.7. The molecule has 1 aliphatic heterocycles. The highest BCUT2D eigenvalue weighted by Gasteiger charge is 2.35. The largest absolute Gasteiger partial charge is 0.443 e. The second-order valence-electron chi connectivity index (χ2n) is 11.0. The van der Waals surface area contributed by atoms with Gasteiger partial charge in [-0.2, -0.15) is 0 Å². The van der Waals surface area contributed by atoms with Crippen molar-refractivity contribution in [3.63, 3.8) is 0 Å². The summed E-state index contributed by atoms with van der Waals surface area (Å²) in [6.45, 7) is 2.51. The Hall–Kier alpha value is -4.22. The zero-order chi connectivity index (χ0) is 28.0. The van der Waals surface area contributed by atoms with Gasteiger partial charge in [-0.05, 0) is 56.7 Å². The fourth-order valence-corrected chi connectivity index (χ4v) is 6.38. The Morgan fingerprint density at radius 1 is 1.10 bits per heavy atom. The molecule has 5 aromatic rings. The van der Waals surface area contributed by atoms with E-state index in [4.69, 9.17) is 19.6 Å². The lowest BCUT2D eigenvalue weighted by Crippen LogP contribution is -2.35. The van der Waals surface area contributed by atoms with E-state index in [1.807, 2.05) is 42.2 Å². The number of hydrogen-bond acceptors (Lipinski definition) is 10. The van der Waals surface area contributed by atoms with Crippen molar-refractivity contribution in [1.82, 2.24) is 30.0 Å². The number of carbonyl (C=O) groups excluding carboxylic acids is 1. The van der Waals surface area contributed by atoms with Crippen LogP contribution in [0.25, 0.3) is 23.2 Å². The average Bonchev–Trinajstić information content (AvgIpc) is 3.51. The van der Waals surface area contributed by atoms with Crippen LogP contribution < -0.4 is 5.73 Å². The van der Waals surface area contributed by atoms with Crippen molar-refractivity contribution in [2.75, 3.05) is 6.54 Å². The molecule has 208 valence electrons. The molecule has 1 saturated heterocycles. The average molecular weight is 568 g/mol. The van der Waals surface area contributed by atoms with Crippen LogP contribution >= 0.6 is 11.3 Å². The van der Waals surface area contributed by atoms with Gasteiger partial charge in [0.05, 0.1) is 23.5 Å². The highest BCUT2D eigenvalue weighted by Crippen LogP contribution is 2.43. The summed E-state index contributed by atoms with van der Waals surface area (Å²) >= 11 is 1.65. The Morgan fingerprint density at radius 3 is 2.66 bits per heavy atom. The number of nitrogens with zero attached hydrogens (tertiary/aromatic N) is 6. The van der Waals surface area contributed by atoms with Gasteiger partial charge in [-0.15, -0.1) is 21.5 Å². The second-order valence-corrected chi connectivity index (χ2v) is 11.9. The van der Waals surface area contributed by atoms with Crippen LogP contribution in [0, 0.1) is 0 Å². The molecule has 2 aliphatic rings. The molecule has 0 bridgehead atoms. The highest BCUT2D eigenvalue weighted by molar-refractivity contribution is 7.09. The summed E-state index contributed by atoms with van der Waals surface area (Å²) in [7, 11) is 0. The van der Waals surface area contributed by atoms with E-state index in [9.17, 15) is 4.79 Å². The van der Waals surface area contributed by atoms with E-state index < -0.39 is 5.54 Å². The molecular formula is C30H29N7O3S. The van der Waals surface area contributed by atoms with Gasteiger partial charge in [-0.3, -0.25) is 4.79 Å². The first-order valence-electron chi connectivity index (χ1n) is 13.8. The van der Waals surface area contributed by atoms with Crippen LogP contribution in [0.15, 0.2) is 69.1 Å². The molecule has 0 spiro atoms. The molecule has 4 aromatic heterocycles. The Labute approximate surface area is 240 Å². The van der Waals surface area contributed by atoms with E-state index in [-0.39, 0.29) is 23.7 Å². The van der Waals surface area contributed by atoms with E-state index in [2.05, 4.69) is 25.5 Å². The van der Waals surface area contributed by atoms with Crippen molar-refractivity contribution in [2.45, 2.75) is 56.5 Å². The van der Waals surface area contributed by atoms with E-state index in [0.29, 0.717) is 41.7 Å². The second kappa shape index (κ2) is 10.3. The van der Waals surface area contributed by atoms with Crippen LogP contribution in [0.4, 0.5) is 0 Å². The number of carbonyl (C=O) groups is 1. The number of rotatable bonds is 8. The monoisotopic (exact) mass is 567 g/mol. The molecule has 2 atom stereocenters. The highest BCUT2D eigenvalue weighted by atomic mass is 32.1. The minimum Gasteiger partial charge on any atom is -0.443 e. The summed E-state index contributed by atoms with van der Waals surface area (Å²) in [5, 5.41) is 11.7. The van der Waals surface area contributed by atoms with Gasteiger partial charge in [0.2, 0.25) is 11.8 Å². The van der Waals surface area contributed by atoms with Crippen molar-refractivity contribution in [3.8, 4) is 23.2 Å². The van der Waals surface area contributed by atoms with Crippen molar-refractivity contribution in [2.24, 2.45) is 5.73 Å². The van der Waals surface area contributed by atoms with E-state index in [1.165, 1.54) is 25.3 Å². The summed E-state index contributed by atoms with van der Waals surface area (Å²) < 4.78 is 11.6. The third kappa shape index (κ3) is 5.18. The number of aromatic nitrogens is 5. The van der Waals surface area contributed by atoms with Gasteiger partial charge in [0.15, 0.2) is 0 Å². The molecule has 7 rings (SSSR count). The van der Waals surface area contributed by atoms with Crippen molar-refractivity contribution >= 4 is 17.2 Å². The number of hydrogen-bond donors (Lipinski definition) is 1. The van der Waals surface area contributed by atoms with E-state index >= 15 is 0 Å². The van der Waals surface area contributed by atoms with Gasteiger partial charge in [-0.1, -0.05) is 30.3 Å². The maximum atomic E-state index is 14.0. The van der Waals surface area contributed by atoms with Crippen molar-refractivity contribution < 1.29 is 13.6 Å². The zero-order valence-electron chi connectivity index (χ0n) is 22.6. The van der Waals surface area contributed by atoms with Gasteiger partial charge in [0.1, 0.15) is 22.7 Å². The van der Waals surface area contributed by atoms with Crippen LogP contribution in [0.1, 0.15) is 77.1 Å². The molecule has 0 unspecified atom stereocenters. The smallest absolute Gasteiger partial charge is 0.266 e. The Morgan fingerprint density at radius 2 is 1.90 bits per heavy atom. The third-order valence-corrected chi connectivity index (χ3v) is 8.57. The Kier molecular flexibility index (Phi) is 6.47. The maximum Gasteiger partial charge on any atom is 0.266 e. The summed E-state index contributed by atoms with van der Waals surface area (Å²) in [5.74, 6) is 1.21. The molecule has 2 fully saturated rings. The van der Waals surface area contributed by atoms with Gasteiger partial charge >= 0.3 is 0 Å². The summed E-state index contributed by atoms with van der Waals surface area (Å²) in [4.78, 5) is 29.7. The van der Waals surface area contributed by atoms with Crippen LogP contribution in [0.5, 0.6) is 0 Å². The number of nitrogens with two attached hydrogens (primary N) is 1. The first-order valence-corrected chi connectivity index (χ1v) is 14.7. The van der Waals surface area contributed by atoms with Gasteiger partial charge < -0.3 is 19.5 Å². The number of thiazole rings is 1. The minimum absolute atomic E-state index is 0.0484. The zero-order valence-corrected chi connectivity index (χ0v) is 23.4. The minimum atomic E-state index is -0.902. The third-order valence-electron chi connectivity index (χ3n) is 7.60. The molecule has 10 nitrogen and oxygen atoms in total. The molecule has 5 heterocycles.